The second-order valence-electron chi connectivity index (χ2n) is 3.74. The third-order valence-electron chi connectivity index (χ3n) is 2.46. The van der Waals surface area contributed by atoms with Crippen LogP contribution < -0.4 is 5.32 Å². The van der Waals surface area contributed by atoms with E-state index in [2.05, 4.69) is 15.0 Å². The minimum atomic E-state index is -0.464. The van der Waals surface area contributed by atoms with Crippen LogP contribution in [0, 0.1) is 0 Å². The lowest BCUT2D eigenvalue weighted by molar-refractivity contribution is 0.0600. The summed E-state index contributed by atoms with van der Waals surface area (Å²) in [5.41, 5.74) is 0.876. The van der Waals surface area contributed by atoms with Crippen molar-refractivity contribution < 1.29 is 14.3 Å². The van der Waals surface area contributed by atoms with Crippen LogP contribution in [0.1, 0.15) is 20.7 Å². The molecule has 1 amide bonds. The molecule has 19 heavy (non-hydrogen) atoms. The smallest absolute Gasteiger partial charge is 0.339 e. The highest BCUT2D eigenvalue weighted by Crippen LogP contribution is 2.08. The summed E-state index contributed by atoms with van der Waals surface area (Å²) in [6.07, 6.45) is 1.35. The van der Waals surface area contributed by atoms with Crippen LogP contribution in [0.3, 0.4) is 0 Å². The minimum Gasteiger partial charge on any atom is -0.465 e. The van der Waals surface area contributed by atoms with Gasteiger partial charge in [-0.3, -0.25) is 4.79 Å². The van der Waals surface area contributed by atoms with Crippen molar-refractivity contribution in [3.05, 3.63) is 59.8 Å². The summed E-state index contributed by atoms with van der Waals surface area (Å²) in [6, 6.07) is 11.9. The number of pyridine rings is 1. The average Bonchev–Trinajstić information content (AvgIpc) is 2.48. The summed E-state index contributed by atoms with van der Waals surface area (Å²) in [4.78, 5) is 27.0. The molecule has 5 heteroatoms. The Morgan fingerprint density at radius 1 is 1.05 bits per heavy atom. The van der Waals surface area contributed by atoms with Crippen molar-refractivity contribution in [2.45, 2.75) is 0 Å². The summed E-state index contributed by atoms with van der Waals surface area (Å²) in [6.45, 7) is 0. The zero-order valence-electron chi connectivity index (χ0n) is 10.3. The van der Waals surface area contributed by atoms with Gasteiger partial charge in [0.2, 0.25) is 0 Å². The van der Waals surface area contributed by atoms with E-state index < -0.39 is 5.97 Å². The highest BCUT2D eigenvalue weighted by atomic mass is 16.5. The van der Waals surface area contributed by atoms with E-state index in [1.165, 1.54) is 13.3 Å². The standard InChI is InChI=1S/C14H12N2O3/c1-19-14(18)11-7-8-12(15-9-11)16-13(17)10-5-3-2-4-6-10/h2-9H,1H3,(H,15,16,17). The molecule has 2 rings (SSSR count). The quantitative estimate of drug-likeness (QED) is 0.854. The first-order chi connectivity index (χ1) is 9.20. The predicted octanol–water partition coefficient (Wildman–Crippen LogP) is 2.12. The summed E-state index contributed by atoms with van der Waals surface area (Å²) in [7, 11) is 1.30. The fourth-order valence-electron chi connectivity index (χ4n) is 1.48. The van der Waals surface area contributed by atoms with Gasteiger partial charge in [-0.15, -0.1) is 0 Å². The number of anilines is 1. The summed E-state index contributed by atoms with van der Waals surface area (Å²) >= 11 is 0. The zero-order valence-corrected chi connectivity index (χ0v) is 10.3. The topological polar surface area (TPSA) is 68.3 Å². The number of amides is 1. The lowest BCUT2D eigenvalue weighted by Gasteiger charge is -2.05. The first kappa shape index (κ1) is 12.8. The van der Waals surface area contributed by atoms with Crippen molar-refractivity contribution in [1.82, 2.24) is 4.98 Å². The van der Waals surface area contributed by atoms with Crippen LogP contribution in [0.15, 0.2) is 48.7 Å². The Morgan fingerprint density at radius 3 is 2.37 bits per heavy atom. The van der Waals surface area contributed by atoms with E-state index in [4.69, 9.17) is 0 Å². The van der Waals surface area contributed by atoms with Crippen molar-refractivity contribution in [2.75, 3.05) is 12.4 Å². The molecule has 0 aliphatic rings. The Hall–Kier alpha value is -2.69. The molecule has 0 spiro atoms. The molecule has 96 valence electrons. The molecular formula is C14H12N2O3. The van der Waals surface area contributed by atoms with Crippen LogP contribution in [0.25, 0.3) is 0 Å². The largest absolute Gasteiger partial charge is 0.465 e. The van der Waals surface area contributed by atoms with Gasteiger partial charge in [0.15, 0.2) is 0 Å². The number of nitrogens with one attached hydrogen (secondary N) is 1. The van der Waals surface area contributed by atoms with Gasteiger partial charge in [-0.05, 0) is 24.3 Å². The van der Waals surface area contributed by atoms with Crippen LogP contribution in [0.5, 0.6) is 0 Å². The van der Waals surface area contributed by atoms with Crippen LogP contribution >= 0.6 is 0 Å². The Morgan fingerprint density at radius 2 is 1.79 bits per heavy atom. The van der Waals surface area contributed by atoms with Crippen molar-refractivity contribution in [1.29, 1.82) is 0 Å². The molecule has 0 radical (unpaired) electrons. The van der Waals surface area contributed by atoms with Gasteiger partial charge in [-0.25, -0.2) is 9.78 Å². The van der Waals surface area contributed by atoms with Crippen LogP contribution in [-0.4, -0.2) is 24.0 Å². The van der Waals surface area contributed by atoms with Gasteiger partial charge in [0.1, 0.15) is 5.82 Å². The molecule has 1 aromatic carbocycles. The average molecular weight is 256 g/mol. The lowest BCUT2D eigenvalue weighted by atomic mass is 10.2. The normalized spacial score (nSPS) is 9.74. The number of benzene rings is 1. The maximum absolute atomic E-state index is 11.8. The third kappa shape index (κ3) is 3.16. The number of nitrogens with zero attached hydrogens (tertiary/aromatic N) is 1. The fourth-order valence-corrected chi connectivity index (χ4v) is 1.48. The van der Waals surface area contributed by atoms with E-state index in [9.17, 15) is 9.59 Å². The number of hydrogen-bond donors (Lipinski definition) is 1. The highest BCUT2D eigenvalue weighted by molar-refractivity contribution is 6.03. The molecule has 1 heterocycles. The SMILES string of the molecule is COC(=O)c1ccc(NC(=O)c2ccccc2)nc1. The van der Waals surface area contributed by atoms with Gasteiger partial charge in [0, 0.05) is 11.8 Å². The van der Waals surface area contributed by atoms with Crippen molar-refractivity contribution >= 4 is 17.7 Å². The molecule has 2 aromatic rings. The zero-order chi connectivity index (χ0) is 13.7. The maximum Gasteiger partial charge on any atom is 0.339 e. The number of ether oxygens (including phenoxy) is 1. The Balaban J connectivity index is 2.08. The number of aromatic nitrogens is 1. The van der Waals surface area contributed by atoms with Gasteiger partial charge in [0.25, 0.3) is 5.91 Å². The number of methoxy groups -OCH3 is 1. The fraction of sp³-hybridized carbons (Fsp3) is 0.0714. The lowest BCUT2D eigenvalue weighted by Crippen LogP contribution is -2.13. The molecule has 1 aromatic heterocycles. The maximum atomic E-state index is 11.8. The van der Waals surface area contributed by atoms with Gasteiger partial charge < -0.3 is 10.1 Å². The second-order valence-corrected chi connectivity index (χ2v) is 3.74. The Labute approximate surface area is 110 Å². The van der Waals surface area contributed by atoms with Crippen LogP contribution in [0.4, 0.5) is 5.82 Å². The monoisotopic (exact) mass is 256 g/mol. The summed E-state index contributed by atoms with van der Waals surface area (Å²) in [5.74, 6) is -0.339. The molecule has 0 saturated carbocycles. The highest BCUT2D eigenvalue weighted by Gasteiger charge is 2.08. The molecule has 0 saturated heterocycles. The van der Waals surface area contributed by atoms with Gasteiger partial charge in [-0.1, -0.05) is 18.2 Å². The Kier molecular flexibility index (Phi) is 3.87. The van der Waals surface area contributed by atoms with Crippen LogP contribution in [-0.2, 0) is 4.74 Å². The predicted molar refractivity (Wildman–Crippen MR) is 70.0 cm³/mol. The summed E-state index contributed by atoms with van der Waals surface area (Å²) < 4.78 is 4.56. The molecule has 5 nitrogen and oxygen atoms in total. The summed E-state index contributed by atoms with van der Waals surface area (Å²) in [5, 5.41) is 2.64. The number of rotatable bonds is 3. The number of esters is 1. The number of carbonyl (C=O) groups is 2. The van der Waals surface area contributed by atoms with E-state index in [1.807, 2.05) is 6.07 Å². The van der Waals surface area contributed by atoms with Gasteiger partial charge in [0.05, 0.1) is 12.7 Å². The molecule has 0 bridgehead atoms. The molecule has 1 N–H and O–H groups in total. The van der Waals surface area contributed by atoms with E-state index in [0.29, 0.717) is 16.9 Å². The van der Waals surface area contributed by atoms with Crippen molar-refractivity contribution in [2.24, 2.45) is 0 Å². The molecule has 0 fully saturated rings. The number of hydrogen-bond acceptors (Lipinski definition) is 4. The molecule has 0 aliphatic carbocycles. The van der Waals surface area contributed by atoms with Crippen LogP contribution in [0.2, 0.25) is 0 Å². The molecular weight excluding hydrogens is 244 g/mol. The minimum absolute atomic E-state index is 0.251. The van der Waals surface area contributed by atoms with Crippen molar-refractivity contribution in [3.8, 4) is 0 Å². The van der Waals surface area contributed by atoms with E-state index >= 15 is 0 Å². The molecule has 0 unspecified atom stereocenters. The number of carbonyl (C=O) groups excluding carboxylic acids is 2. The van der Waals surface area contributed by atoms with Gasteiger partial charge in [-0.2, -0.15) is 0 Å². The van der Waals surface area contributed by atoms with Gasteiger partial charge >= 0.3 is 5.97 Å². The third-order valence-corrected chi connectivity index (χ3v) is 2.46. The molecule has 0 atom stereocenters. The Bertz CT molecular complexity index is 579. The van der Waals surface area contributed by atoms with E-state index in [-0.39, 0.29) is 5.91 Å². The first-order valence-electron chi connectivity index (χ1n) is 5.61. The first-order valence-corrected chi connectivity index (χ1v) is 5.61. The van der Waals surface area contributed by atoms with E-state index in [1.54, 1.807) is 36.4 Å². The van der Waals surface area contributed by atoms with Crippen molar-refractivity contribution in [3.63, 3.8) is 0 Å². The molecule has 0 aliphatic heterocycles. The van der Waals surface area contributed by atoms with E-state index in [0.717, 1.165) is 0 Å². The second kappa shape index (κ2) is 5.77.